The minimum atomic E-state index is -5.43. The van der Waals surface area contributed by atoms with E-state index in [-0.39, 0.29) is 99.9 Å². The van der Waals surface area contributed by atoms with Crippen molar-refractivity contribution in [1.82, 2.24) is 0 Å². The molecule has 3 aromatic rings. The van der Waals surface area contributed by atoms with Crippen molar-refractivity contribution in [3.8, 4) is 22.8 Å². The van der Waals surface area contributed by atoms with E-state index in [0.29, 0.717) is 22.5 Å². The molecule has 0 fully saturated rings. The summed E-state index contributed by atoms with van der Waals surface area (Å²) in [6, 6.07) is 14.6. The van der Waals surface area contributed by atoms with Crippen LogP contribution in [0, 0.1) is 0 Å². The molecule has 0 saturated heterocycles. The van der Waals surface area contributed by atoms with Crippen LogP contribution in [0.15, 0.2) is 57.7 Å². The van der Waals surface area contributed by atoms with E-state index in [1.807, 2.05) is 30.3 Å². The zero-order chi connectivity index (χ0) is 20.9. The van der Waals surface area contributed by atoms with Gasteiger partial charge in [-0.3, -0.25) is 4.79 Å². The maximum absolute atomic E-state index is 12.6. The Balaban J connectivity index is 0. The Morgan fingerprint density at radius 1 is 0.935 bits per heavy atom. The molecule has 13 heteroatoms. The third-order valence-electron chi connectivity index (χ3n) is 3.52. The minimum absolute atomic E-state index is 0. The van der Waals surface area contributed by atoms with Crippen LogP contribution in [0.5, 0.6) is 11.5 Å². The maximum atomic E-state index is 12.6. The van der Waals surface area contributed by atoms with Gasteiger partial charge in [0.1, 0.15) is 0 Å². The molecule has 0 bridgehead atoms. The third kappa shape index (κ3) is 8.62. The molecule has 0 radical (unpaired) electrons. The predicted octanol–water partition coefficient (Wildman–Crippen LogP) is -8.27. The average molecular weight is 474 g/mol. The summed E-state index contributed by atoms with van der Waals surface area (Å²) in [7, 11) is -2.43. The molecule has 0 aliphatic heterocycles. The SMILES string of the molecule is COc1c(-c2ccccc2)oc2c(OC)cccc2c1=O.O=C([O-])P(=O)([O-])[O-].[Na+].[Na+].[Na+]. The summed E-state index contributed by atoms with van der Waals surface area (Å²) in [4.78, 5) is 39.9. The Morgan fingerprint density at radius 2 is 1.48 bits per heavy atom. The molecule has 1 aromatic heterocycles. The molecule has 148 valence electrons. The van der Waals surface area contributed by atoms with Gasteiger partial charge in [-0.1, -0.05) is 36.4 Å². The number of ether oxygens (including phenoxy) is 2. The van der Waals surface area contributed by atoms with Crippen LogP contribution in [-0.2, 0) is 4.57 Å². The van der Waals surface area contributed by atoms with E-state index in [2.05, 4.69) is 0 Å². The number of hydrogen-bond donors (Lipinski definition) is 0. The molecule has 0 atom stereocenters. The van der Waals surface area contributed by atoms with Gasteiger partial charge in [0.15, 0.2) is 17.1 Å². The molecule has 0 unspecified atom stereocenters. The quantitative estimate of drug-likeness (QED) is 0.265. The number of carbonyl (C=O) groups is 1. The van der Waals surface area contributed by atoms with E-state index < -0.39 is 13.3 Å². The second kappa shape index (κ2) is 14.9. The third-order valence-corrected chi connectivity index (χ3v) is 3.97. The van der Waals surface area contributed by atoms with Gasteiger partial charge < -0.3 is 38.1 Å². The second-order valence-electron chi connectivity index (χ2n) is 5.26. The topological polar surface area (TPSA) is 152 Å². The van der Waals surface area contributed by atoms with Crippen molar-refractivity contribution in [2.75, 3.05) is 14.2 Å². The van der Waals surface area contributed by atoms with E-state index >= 15 is 0 Å². The Hall–Kier alpha value is -0.130. The van der Waals surface area contributed by atoms with Crippen molar-refractivity contribution in [3.05, 3.63) is 58.8 Å². The molecule has 0 aliphatic rings. The van der Waals surface area contributed by atoms with Crippen LogP contribution >= 0.6 is 7.60 Å². The van der Waals surface area contributed by atoms with Gasteiger partial charge in [-0.2, -0.15) is 0 Å². The van der Waals surface area contributed by atoms with Crippen LogP contribution in [0.4, 0.5) is 4.79 Å². The number of para-hydroxylation sites is 1. The van der Waals surface area contributed by atoms with Crippen LogP contribution < -0.4 is 118 Å². The standard InChI is InChI=1S/C17H14O4.CH3O5P.3Na/c1-19-13-10-6-9-12-14(18)17(20-2)15(21-16(12)13)11-7-4-3-5-8-11;2-1(3)7(4,5)6;;;/h3-10H,1-2H3;(H,2,3)(H2,4,5,6);;;/q;;3*+1/p-3. The first-order chi connectivity index (χ1) is 13.2. The number of benzene rings is 2. The van der Waals surface area contributed by atoms with E-state index in [1.54, 1.807) is 25.3 Å². The monoisotopic (exact) mass is 474 g/mol. The number of fused-ring (bicyclic) bond motifs is 1. The number of carboxylic acid groups (broad SMARTS) is 1. The smallest absolute Gasteiger partial charge is 0.807 e. The molecule has 0 spiro atoms. The largest absolute Gasteiger partial charge is 1.00 e. The van der Waals surface area contributed by atoms with Crippen molar-refractivity contribution in [2.24, 2.45) is 0 Å². The summed E-state index contributed by atoms with van der Waals surface area (Å²) in [6.07, 6.45) is 0. The van der Waals surface area contributed by atoms with Crippen LogP contribution in [-0.4, -0.2) is 19.9 Å². The van der Waals surface area contributed by atoms with Gasteiger partial charge >= 0.3 is 88.7 Å². The number of rotatable bonds is 4. The van der Waals surface area contributed by atoms with E-state index in [0.717, 1.165) is 5.56 Å². The van der Waals surface area contributed by atoms with Gasteiger partial charge in [-0.25, -0.2) is 0 Å². The fraction of sp³-hybridized carbons (Fsp3) is 0.111. The Morgan fingerprint density at radius 3 is 1.94 bits per heavy atom. The van der Waals surface area contributed by atoms with Crippen LogP contribution in [0.2, 0.25) is 0 Å². The first-order valence-corrected chi connectivity index (χ1v) is 9.21. The molecular weight excluding hydrogens is 460 g/mol. The number of methoxy groups -OCH3 is 2. The van der Waals surface area contributed by atoms with Gasteiger partial charge in [-0.05, 0) is 19.7 Å². The van der Waals surface area contributed by atoms with Crippen molar-refractivity contribution >= 4 is 24.3 Å². The molecule has 1 heterocycles. The van der Waals surface area contributed by atoms with Gasteiger partial charge in [0.25, 0.3) is 0 Å². The van der Waals surface area contributed by atoms with Crippen LogP contribution in [0.25, 0.3) is 22.3 Å². The summed E-state index contributed by atoms with van der Waals surface area (Å²) in [5.74, 6) is 1.12. The fourth-order valence-electron chi connectivity index (χ4n) is 2.30. The molecule has 0 saturated carbocycles. The average Bonchev–Trinajstić information content (AvgIpc) is 2.68. The second-order valence-corrected chi connectivity index (χ2v) is 6.62. The molecule has 2 aromatic carbocycles. The Bertz CT molecular complexity index is 1100. The predicted molar refractivity (Wildman–Crippen MR) is 94.0 cm³/mol. The molecule has 3 rings (SSSR count). The van der Waals surface area contributed by atoms with Gasteiger partial charge in [0.2, 0.25) is 11.2 Å². The van der Waals surface area contributed by atoms with Crippen molar-refractivity contribution in [1.29, 1.82) is 0 Å². The molecule has 0 amide bonds. The van der Waals surface area contributed by atoms with E-state index in [1.165, 1.54) is 7.11 Å². The van der Waals surface area contributed by atoms with Gasteiger partial charge in [0, 0.05) is 5.56 Å². The van der Waals surface area contributed by atoms with Crippen LogP contribution in [0.1, 0.15) is 0 Å². The summed E-state index contributed by atoms with van der Waals surface area (Å²) in [5.41, 5.74) is -1.58. The number of carbonyl (C=O) groups excluding carboxylic acids is 1. The summed E-state index contributed by atoms with van der Waals surface area (Å²) >= 11 is 0. The summed E-state index contributed by atoms with van der Waals surface area (Å²) in [6.45, 7) is 0. The zero-order valence-electron chi connectivity index (χ0n) is 17.7. The molecule has 0 N–H and O–H groups in total. The first kappa shape index (κ1) is 33.0. The first-order valence-electron chi connectivity index (χ1n) is 7.67. The Labute approximate surface area is 244 Å². The summed E-state index contributed by atoms with van der Waals surface area (Å²) < 4.78 is 25.6. The molecule has 31 heavy (non-hydrogen) atoms. The van der Waals surface area contributed by atoms with E-state index in [4.69, 9.17) is 38.1 Å². The minimum Gasteiger partial charge on any atom is -0.807 e. The summed E-state index contributed by atoms with van der Waals surface area (Å²) in [5, 5.41) is 9.46. The maximum Gasteiger partial charge on any atom is 1.00 e. The van der Waals surface area contributed by atoms with E-state index in [9.17, 15) is 4.79 Å². The molecule has 0 aliphatic carbocycles. The molecule has 9 nitrogen and oxygen atoms in total. The molecular formula is C18H14Na3O9P. The normalized spacial score (nSPS) is 9.68. The number of hydrogen-bond acceptors (Lipinski definition) is 9. The van der Waals surface area contributed by atoms with Crippen molar-refractivity contribution < 1.29 is 127 Å². The van der Waals surface area contributed by atoms with Gasteiger partial charge in [0.05, 0.1) is 25.3 Å². The van der Waals surface area contributed by atoms with Crippen molar-refractivity contribution in [2.45, 2.75) is 0 Å². The Kier molecular flexibility index (Phi) is 15.9. The zero-order valence-corrected chi connectivity index (χ0v) is 24.6. The van der Waals surface area contributed by atoms with Crippen LogP contribution in [0.3, 0.4) is 0 Å². The fourth-order valence-corrected chi connectivity index (χ4v) is 2.30. The van der Waals surface area contributed by atoms with Crippen molar-refractivity contribution in [3.63, 3.8) is 0 Å². The van der Waals surface area contributed by atoms with Gasteiger partial charge in [-0.15, -0.1) is 0 Å².